The van der Waals surface area contributed by atoms with Crippen molar-refractivity contribution in [3.8, 4) is 0 Å². The van der Waals surface area contributed by atoms with Crippen molar-refractivity contribution in [2.45, 2.75) is 51.7 Å². The highest BCUT2D eigenvalue weighted by Crippen LogP contribution is 2.32. The van der Waals surface area contributed by atoms with Gasteiger partial charge in [0.15, 0.2) is 5.96 Å². The first-order chi connectivity index (χ1) is 10.2. The molecule has 0 spiro atoms. The number of nitrogens with one attached hydrogen (secondary N) is 2. The fraction of sp³-hybridized carbons (Fsp3) is 0.812. The summed E-state index contributed by atoms with van der Waals surface area (Å²) in [4.78, 5) is 6.83. The molecule has 0 aromatic heterocycles. The lowest BCUT2D eigenvalue weighted by Crippen LogP contribution is -2.51. The van der Waals surface area contributed by atoms with E-state index in [1.807, 2.05) is 0 Å². The van der Waals surface area contributed by atoms with Gasteiger partial charge in [0.2, 0.25) is 0 Å². The van der Waals surface area contributed by atoms with E-state index in [0.29, 0.717) is 12.0 Å². The molecule has 2 saturated heterocycles. The molecule has 124 valence electrons. The molecule has 1 unspecified atom stereocenters. The predicted octanol–water partition coefficient (Wildman–Crippen LogP) is 0.521. The summed E-state index contributed by atoms with van der Waals surface area (Å²) in [6.45, 7) is 9.75. The smallest absolute Gasteiger partial charge is 0.196 e. The summed E-state index contributed by atoms with van der Waals surface area (Å²) in [7, 11) is 0. The van der Waals surface area contributed by atoms with Crippen LogP contribution in [0.3, 0.4) is 0 Å². The molecule has 3 rings (SSSR count). The number of aliphatic imine (C=N–C) groups is 1. The fourth-order valence-electron chi connectivity index (χ4n) is 4.04. The number of rotatable bonds is 2. The number of guanidine groups is 1. The van der Waals surface area contributed by atoms with Crippen LogP contribution in [0.25, 0.3) is 0 Å². The Morgan fingerprint density at radius 3 is 2.86 bits per heavy atom. The third kappa shape index (κ3) is 3.38. The normalized spacial score (nSPS) is 35.5. The molecule has 6 N–H and O–H groups in total. The van der Waals surface area contributed by atoms with Gasteiger partial charge in [-0.05, 0) is 43.2 Å². The van der Waals surface area contributed by atoms with E-state index in [4.69, 9.17) is 11.5 Å². The predicted molar refractivity (Wildman–Crippen MR) is 89.9 cm³/mol. The average Bonchev–Trinajstić information content (AvgIpc) is 2.78. The van der Waals surface area contributed by atoms with Gasteiger partial charge in [0.25, 0.3) is 0 Å². The van der Waals surface area contributed by atoms with E-state index in [0.717, 1.165) is 37.8 Å². The van der Waals surface area contributed by atoms with Crippen molar-refractivity contribution in [3.05, 3.63) is 11.9 Å². The van der Waals surface area contributed by atoms with Crippen molar-refractivity contribution in [2.75, 3.05) is 19.6 Å². The van der Waals surface area contributed by atoms with Crippen LogP contribution in [0, 0.1) is 11.3 Å². The molecular weight excluding hydrogens is 276 g/mol. The second-order valence-electron chi connectivity index (χ2n) is 8.25. The molecule has 2 fully saturated rings. The number of hydrogen-bond donors (Lipinski definition) is 4. The van der Waals surface area contributed by atoms with Crippen LogP contribution in [-0.2, 0) is 0 Å². The number of piperidine rings is 1. The average molecular weight is 306 g/mol. The summed E-state index contributed by atoms with van der Waals surface area (Å²) in [5.41, 5.74) is 11.9. The largest absolute Gasteiger partial charge is 0.370 e. The van der Waals surface area contributed by atoms with E-state index < -0.39 is 5.66 Å². The molecule has 0 saturated carbocycles. The molecule has 0 aromatic rings. The van der Waals surface area contributed by atoms with Crippen molar-refractivity contribution in [3.63, 3.8) is 0 Å². The molecule has 0 amide bonds. The van der Waals surface area contributed by atoms with E-state index in [9.17, 15) is 0 Å². The molecule has 3 aliphatic heterocycles. The first-order valence-electron chi connectivity index (χ1n) is 8.37. The minimum Gasteiger partial charge on any atom is -0.370 e. The minimum absolute atomic E-state index is 0.0953. The standard InChI is InChI=1S/C16H30N6/c1-15(2,3)10-16(18)7-13(20-14(17)21-16)22-8-11-5-4-6-19-12(11)9-22/h7,11-12,19H,4-6,8-10,18H2,1-3H3,(H3,17,20,21)/t11-,12+,16?/m1/s1. The monoisotopic (exact) mass is 306 g/mol. The Morgan fingerprint density at radius 1 is 1.41 bits per heavy atom. The van der Waals surface area contributed by atoms with Crippen LogP contribution in [0.5, 0.6) is 0 Å². The summed E-state index contributed by atoms with van der Waals surface area (Å²) in [6, 6.07) is 0.589. The molecular formula is C16H30N6. The van der Waals surface area contributed by atoms with Crippen LogP contribution in [0.4, 0.5) is 0 Å². The highest BCUT2D eigenvalue weighted by Gasteiger charge is 2.38. The summed E-state index contributed by atoms with van der Waals surface area (Å²) in [5.74, 6) is 2.17. The summed E-state index contributed by atoms with van der Waals surface area (Å²) in [5, 5.41) is 6.85. The molecule has 6 nitrogen and oxygen atoms in total. The molecule has 0 radical (unpaired) electrons. The Hall–Kier alpha value is -1.27. The molecule has 6 heteroatoms. The van der Waals surface area contributed by atoms with Crippen LogP contribution in [0.1, 0.15) is 40.0 Å². The van der Waals surface area contributed by atoms with Crippen LogP contribution in [0.15, 0.2) is 16.9 Å². The highest BCUT2D eigenvalue weighted by atomic mass is 15.3. The number of nitrogens with zero attached hydrogens (tertiary/aromatic N) is 2. The molecule has 0 bridgehead atoms. The number of likely N-dealkylation sites (tertiary alicyclic amines) is 1. The van der Waals surface area contributed by atoms with Gasteiger partial charge in [-0.2, -0.15) is 0 Å². The second kappa shape index (κ2) is 5.42. The molecule has 3 aliphatic rings. The van der Waals surface area contributed by atoms with Crippen LogP contribution < -0.4 is 22.1 Å². The van der Waals surface area contributed by atoms with Crippen molar-refractivity contribution in [2.24, 2.45) is 27.8 Å². The van der Waals surface area contributed by atoms with E-state index >= 15 is 0 Å². The number of hydrogen-bond acceptors (Lipinski definition) is 6. The minimum atomic E-state index is -0.718. The van der Waals surface area contributed by atoms with Crippen molar-refractivity contribution >= 4 is 5.96 Å². The lowest BCUT2D eigenvalue weighted by molar-refractivity contribution is 0.287. The van der Waals surface area contributed by atoms with Gasteiger partial charge in [0.1, 0.15) is 11.5 Å². The van der Waals surface area contributed by atoms with Gasteiger partial charge in [0, 0.05) is 19.1 Å². The maximum atomic E-state index is 6.51. The zero-order valence-electron chi connectivity index (χ0n) is 14.0. The molecule has 3 atom stereocenters. The lowest BCUT2D eigenvalue weighted by atomic mass is 9.84. The van der Waals surface area contributed by atoms with Crippen LogP contribution in [-0.4, -0.2) is 42.2 Å². The number of fused-ring (bicyclic) bond motifs is 1. The van der Waals surface area contributed by atoms with Gasteiger partial charge in [-0.15, -0.1) is 0 Å². The highest BCUT2D eigenvalue weighted by molar-refractivity contribution is 5.81. The first kappa shape index (κ1) is 15.6. The molecule has 0 aromatic carbocycles. The molecule has 0 aliphatic carbocycles. The van der Waals surface area contributed by atoms with Gasteiger partial charge in [0.05, 0.1) is 0 Å². The van der Waals surface area contributed by atoms with Crippen LogP contribution in [0.2, 0.25) is 0 Å². The van der Waals surface area contributed by atoms with E-state index in [2.05, 4.69) is 47.4 Å². The Morgan fingerprint density at radius 2 is 2.18 bits per heavy atom. The van der Waals surface area contributed by atoms with Gasteiger partial charge < -0.3 is 27.0 Å². The topological polar surface area (TPSA) is 91.7 Å². The van der Waals surface area contributed by atoms with Crippen molar-refractivity contribution in [1.29, 1.82) is 0 Å². The zero-order chi connectivity index (χ0) is 16.0. The second-order valence-corrected chi connectivity index (χ2v) is 8.25. The Balaban J connectivity index is 1.77. The third-order valence-electron chi connectivity index (χ3n) is 4.72. The Kier molecular flexibility index (Phi) is 3.85. The quantitative estimate of drug-likeness (QED) is 0.597. The molecule has 3 heterocycles. The first-order valence-corrected chi connectivity index (χ1v) is 8.37. The van der Waals surface area contributed by atoms with Gasteiger partial charge in [-0.1, -0.05) is 20.8 Å². The number of nitrogens with two attached hydrogens (primary N) is 2. The van der Waals surface area contributed by atoms with Crippen molar-refractivity contribution < 1.29 is 0 Å². The SMILES string of the molecule is CC(C)(C)CC1(N)C=C(N2C[C@H]3CCCN[C@H]3C2)NC(N)=N1. The van der Waals surface area contributed by atoms with E-state index in [-0.39, 0.29) is 5.41 Å². The summed E-state index contributed by atoms with van der Waals surface area (Å²) < 4.78 is 0. The van der Waals surface area contributed by atoms with Gasteiger partial charge in [-0.25, -0.2) is 4.99 Å². The third-order valence-corrected chi connectivity index (χ3v) is 4.72. The van der Waals surface area contributed by atoms with E-state index in [1.165, 1.54) is 12.8 Å². The zero-order valence-corrected chi connectivity index (χ0v) is 14.0. The lowest BCUT2D eigenvalue weighted by Gasteiger charge is -2.36. The fourth-order valence-corrected chi connectivity index (χ4v) is 4.04. The molecule has 22 heavy (non-hydrogen) atoms. The summed E-state index contributed by atoms with van der Waals surface area (Å²) in [6.07, 6.45) is 5.41. The van der Waals surface area contributed by atoms with Crippen LogP contribution >= 0.6 is 0 Å². The summed E-state index contributed by atoms with van der Waals surface area (Å²) >= 11 is 0. The Labute approximate surface area is 133 Å². The van der Waals surface area contributed by atoms with Gasteiger partial charge in [-0.3, -0.25) is 0 Å². The maximum absolute atomic E-state index is 6.51. The maximum Gasteiger partial charge on any atom is 0.196 e. The van der Waals surface area contributed by atoms with E-state index in [1.54, 1.807) is 0 Å². The van der Waals surface area contributed by atoms with Crippen molar-refractivity contribution in [1.82, 2.24) is 15.5 Å². The van der Waals surface area contributed by atoms with Gasteiger partial charge >= 0.3 is 0 Å². The Bertz CT molecular complexity index is 477.